The second kappa shape index (κ2) is 5.05. The van der Waals surface area contributed by atoms with Gasteiger partial charge in [0.1, 0.15) is 0 Å². The summed E-state index contributed by atoms with van der Waals surface area (Å²) in [5.74, 6) is 0.396. The summed E-state index contributed by atoms with van der Waals surface area (Å²) >= 11 is 0. The molecule has 0 fully saturated rings. The van der Waals surface area contributed by atoms with Gasteiger partial charge >= 0.3 is 0 Å². The fourth-order valence-electron chi connectivity index (χ4n) is 2.01. The van der Waals surface area contributed by atoms with Gasteiger partial charge in [-0.3, -0.25) is 4.79 Å². The van der Waals surface area contributed by atoms with E-state index >= 15 is 0 Å². The molecule has 0 radical (unpaired) electrons. The van der Waals surface area contributed by atoms with Crippen LogP contribution in [0, 0.1) is 13.8 Å². The van der Waals surface area contributed by atoms with Crippen molar-refractivity contribution in [1.82, 2.24) is 0 Å². The second-order valence-corrected chi connectivity index (χ2v) is 4.33. The van der Waals surface area contributed by atoms with Crippen molar-refractivity contribution in [2.75, 3.05) is 7.11 Å². The number of hydrogen-bond acceptors (Lipinski definition) is 2. The first-order valence-electron chi connectivity index (χ1n) is 5.88. The Kier molecular flexibility index (Phi) is 3.47. The molecule has 0 aliphatic carbocycles. The lowest BCUT2D eigenvalue weighted by molar-refractivity contribution is 0.411. The first kappa shape index (κ1) is 12.4. The molecule has 2 nitrogen and oxygen atoms in total. The monoisotopic (exact) mass is 240 g/mol. The molecule has 18 heavy (non-hydrogen) atoms. The van der Waals surface area contributed by atoms with Crippen LogP contribution in [0.4, 0.5) is 0 Å². The van der Waals surface area contributed by atoms with Crippen LogP contribution in [-0.4, -0.2) is 7.11 Å². The van der Waals surface area contributed by atoms with Crippen LogP contribution < -0.4 is 10.2 Å². The van der Waals surface area contributed by atoms with E-state index in [1.54, 1.807) is 6.07 Å². The molecule has 2 rings (SSSR count). The summed E-state index contributed by atoms with van der Waals surface area (Å²) in [6.45, 7) is 3.81. The van der Waals surface area contributed by atoms with Gasteiger partial charge in [0.05, 0.1) is 7.11 Å². The van der Waals surface area contributed by atoms with Gasteiger partial charge in [-0.05, 0) is 42.7 Å². The van der Waals surface area contributed by atoms with Crippen LogP contribution in [-0.2, 0) is 0 Å². The van der Waals surface area contributed by atoms with Crippen molar-refractivity contribution in [3.63, 3.8) is 0 Å². The normalized spacial score (nSPS) is 10.2. The zero-order valence-corrected chi connectivity index (χ0v) is 10.9. The summed E-state index contributed by atoms with van der Waals surface area (Å²) in [7, 11) is 1.53. The van der Waals surface area contributed by atoms with Gasteiger partial charge in [0.15, 0.2) is 5.75 Å². The molecular weight excluding hydrogens is 224 g/mol. The van der Waals surface area contributed by atoms with E-state index in [0.717, 1.165) is 16.7 Å². The largest absolute Gasteiger partial charge is 0.493 e. The second-order valence-electron chi connectivity index (χ2n) is 4.33. The molecule has 2 heteroatoms. The highest BCUT2D eigenvalue weighted by Crippen LogP contribution is 2.24. The van der Waals surface area contributed by atoms with E-state index < -0.39 is 0 Å². The third kappa shape index (κ3) is 2.28. The molecule has 0 bridgehead atoms. The van der Waals surface area contributed by atoms with E-state index in [1.807, 2.05) is 50.2 Å². The molecule has 0 spiro atoms. The van der Waals surface area contributed by atoms with Crippen LogP contribution in [0.15, 0.2) is 47.3 Å². The van der Waals surface area contributed by atoms with Crippen LogP contribution in [0.2, 0.25) is 0 Å². The lowest BCUT2D eigenvalue weighted by Crippen LogP contribution is -2.04. The Bertz CT molecular complexity index is 616. The topological polar surface area (TPSA) is 26.3 Å². The number of benzene rings is 1. The minimum Gasteiger partial charge on any atom is -0.493 e. The minimum atomic E-state index is -0.0530. The van der Waals surface area contributed by atoms with Crippen LogP contribution >= 0.6 is 0 Å². The number of aryl methyl sites for hydroxylation is 2. The lowest BCUT2D eigenvalue weighted by Gasteiger charge is -2.02. The summed E-state index contributed by atoms with van der Waals surface area (Å²) in [5.41, 5.74) is 3.84. The van der Waals surface area contributed by atoms with Crippen molar-refractivity contribution < 1.29 is 4.74 Å². The molecule has 0 atom stereocenters. The molecule has 0 unspecified atom stereocenters. The number of hydrogen-bond donors (Lipinski definition) is 0. The smallest absolute Gasteiger partial charge is 0.223 e. The average molecular weight is 240 g/mol. The third-order valence-electron chi connectivity index (χ3n) is 3.02. The SMILES string of the molecule is COc1cc(C)c(-c2ccccc2)cc(C)c1=O. The summed E-state index contributed by atoms with van der Waals surface area (Å²) < 4.78 is 5.14. The molecule has 0 aliphatic rings. The molecule has 0 saturated heterocycles. The Morgan fingerprint density at radius 1 is 0.944 bits per heavy atom. The fraction of sp³-hybridized carbons (Fsp3) is 0.188. The Balaban J connectivity index is 2.75. The molecule has 0 N–H and O–H groups in total. The fourth-order valence-corrected chi connectivity index (χ4v) is 2.01. The lowest BCUT2D eigenvalue weighted by atomic mass is 10.0. The maximum absolute atomic E-state index is 12.0. The summed E-state index contributed by atoms with van der Waals surface area (Å²) in [5, 5.41) is 0. The highest BCUT2D eigenvalue weighted by molar-refractivity contribution is 5.67. The van der Waals surface area contributed by atoms with E-state index in [9.17, 15) is 4.79 Å². The van der Waals surface area contributed by atoms with Crippen LogP contribution in [0.1, 0.15) is 11.1 Å². The van der Waals surface area contributed by atoms with Crippen molar-refractivity contribution in [3.8, 4) is 16.9 Å². The molecular formula is C16H16O2. The Morgan fingerprint density at radius 3 is 2.22 bits per heavy atom. The molecule has 0 saturated carbocycles. The minimum absolute atomic E-state index is 0.0530. The van der Waals surface area contributed by atoms with Gasteiger partial charge in [-0.1, -0.05) is 30.3 Å². The standard InChI is InChI=1S/C16H16O2/c1-11-10-15(18-3)16(17)12(2)9-14(11)13-7-5-4-6-8-13/h4-10H,1-3H3. The number of methoxy groups -OCH3 is 1. The average Bonchev–Trinajstić information content (AvgIpc) is 2.51. The highest BCUT2D eigenvalue weighted by atomic mass is 16.5. The zero-order chi connectivity index (χ0) is 13.1. The molecule has 0 aliphatic heterocycles. The van der Waals surface area contributed by atoms with Gasteiger partial charge in [-0.2, -0.15) is 0 Å². The van der Waals surface area contributed by atoms with Gasteiger partial charge in [-0.25, -0.2) is 0 Å². The first-order valence-corrected chi connectivity index (χ1v) is 5.88. The quantitative estimate of drug-likeness (QED) is 0.804. The molecule has 92 valence electrons. The van der Waals surface area contributed by atoms with E-state index in [-0.39, 0.29) is 5.43 Å². The number of rotatable bonds is 2. The summed E-state index contributed by atoms with van der Waals surface area (Å²) in [4.78, 5) is 12.0. The summed E-state index contributed by atoms with van der Waals surface area (Å²) in [6, 6.07) is 13.8. The van der Waals surface area contributed by atoms with Crippen LogP contribution in [0.5, 0.6) is 5.75 Å². The molecule has 0 amide bonds. The summed E-state index contributed by atoms with van der Waals surface area (Å²) in [6.07, 6.45) is 0. The van der Waals surface area contributed by atoms with Crippen molar-refractivity contribution in [3.05, 3.63) is 63.8 Å². The van der Waals surface area contributed by atoms with Crippen LogP contribution in [0.3, 0.4) is 0 Å². The number of ether oxygens (including phenoxy) is 1. The van der Waals surface area contributed by atoms with Crippen molar-refractivity contribution >= 4 is 0 Å². The van der Waals surface area contributed by atoms with E-state index in [1.165, 1.54) is 7.11 Å². The maximum Gasteiger partial charge on any atom is 0.223 e. The third-order valence-corrected chi connectivity index (χ3v) is 3.02. The van der Waals surface area contributed by atoms with Gasteiger partial charge in [0, 0.05) is 5.56 Å². The predicted octanol–water partition coefficient (Wildman–Crippen LogP) is 3.34. The Hall–Kier alpha value is -2.09. The van der Waals surface area contributed by atoms with Crippen LogP contribution in [0.25, 0.3) is 11.1 Å². The Morgan fingerprint density at radius 2 is 1.61 bits per heavy atom. The zero-order valence-electron chi connectivity index (χ0n) is 10.9. The Labute approximate surface area is 107 Å². The van der Waals surface area contributed by atoms with Crippen molar-refractivity contribution in [2.24, 2.45) is 0 Å². The molecule has 0 heterocycles. The van der Waals surface area contributed by atoms with Crippen molar-refractivity contribution in [2.45, 2.75) is 13.8 Å². The van der Waals surface area contributed by atoms with Gasteiger partial charge < -0.3 is 4.74 Å². The van der Waals surface area contributed by atoms with Gasteiger partial charge in [-0.15, -0.1) is 0 Å². The maximum atomic E-state index is 12.0. The highest BCUT2D eigenvalue weighted by Gasteiger charge is 2.07. The van der Waals surface area contributed by atoms with E-state index in [4.69, 9.17) is 4.74 Å². The van der Waals surface area contributed by atoms with Gasteiger partial charge in [0.25, 0.3) is 0 Å². The van der Waals surface area contributed by atoms with E-state index in [0.29, 0.717) is 11.3 Å². The molecule has 0 aromatic heterocycles. The van der Waals surface area contributed by atoms with Crippen molar-refractivity contribution in [1.29, 1.82) is 0 Å². The molecule has 2 aromatic rings. The predicted molar refractivity (Wildman–Crippen MR) is 74.2 cm³/mol. The first-order chi connectivity index (χ1) is 8.63. The van der Waals surface area contributed by atoms with Gasteiger partial charge in [0.2, 0.25) is 5.43 Å². The van der Waals surface area contributed by atoms with E-state index in [2.05, 4.69) is 0 Å². The molecule has 2 aromatic carbocycles.